The van der Waals surface area contributed by atoms with E-state index in [0.29, 0.717) is 6.04 Å². The molecule has 2 aliphatic rings. The molecule has 20 heavy (non-hydrogen) atoms. The van der Waals surface area contributed by atoms with Crippen LogP contribution in [0.15, 0.2) is 18.2 Å². The van der Waals surface area contributed by atoms with Gasteiger partial charge >= 0.3 is 0 Å². The van der Waals surface area contributed by atoms with Crippen molar-refractivity contribution in [2.75, 3.05) is 19.7 Å². The maximum atomic E-state index is 6.11. The Labute approximate surface area is 131 Å². The number of likely N-dealkylation sites (tertiary alicyclic amines) is 1. The highest BCUT2D eigenvalue weighted by atomic mass is 35.5. The van der Waals surface area contributed by atoms with Crippen LogP contribution in [-0.4, -0.2) is 30.6 Å². The van der Waals surface area contributed by atoms with Gasteiger partial charge in [-0.2, -0.15) is 0 Å². The predicted molar refractivity (Wildman–Crippen MR) is 84.8 cm³/mol. The molecular formula is C15H22Cl2N2O. The van der Waals surface area contributed by atoms with Gasteiger partial charge in [-0.25, -0.2) is 0 Å². The largest absolute Gasteiger partial charge is 0.493 e. The molecule has 112 valence electrons. The van der Waals surface area contributed by atoms with Gasteiger partial charge in [-0.3, -0.25) is 4.90 Å². The van der Waals surface area contributed by atoms with Gasteiger partial charge in [0.1, 0.15) is 5.75 Å². The predicted octanol–water partition coefficient (Wildman–Crippen LogP) is 3.08. The van der Waals surface area contributed by atoms with Crippen molar-refractivity contribution in [2.24, 2.45) is 11.7 Å². The van der Waals surface area contributed by atoms with E-state index in [1.54, 1.807) is 0 Å². The maximum Gasteiger partial charge on any atom is 0.123 e. The van der Waals surface area contributed by atoms with E-state index in [1.807, 2.05) is 18.2 Å². The minimum absolute atomic E-state index is 0. The van der Waals surface area contributed by atoms with Crippen molar-refractivity contribution in [1.29, 1.82) is 0 Å². The van der Waals surface area contributed by atoms with Crippen LogP contribution in [-0.2, 0) is 6.54 Å². The van der Waals surface area contributed by atoms with E-state index in [-0.39, 0.29) is 12.4 Å². The van der Waals surface area contributed by atoms with Crippen LogP contribution in [0.3, 0.4) is 0 Å². The minimum Gasteiger partial charge on any atom is -0.493 e. The van der Waals surface area contributed by atoms with Crippen LogP contribution in [0, 0.1) is 5.92 Å². The van der Waals surface area contributed by atoms with Gasteiger partial charge in [-0.15, -0.1) is 12.4 Å². The van der Waals surface area contributed by atoms with Crippen LogP contribution >= 0.6 is 24.0 Å². The summed E-state index contributed by atoms with van der Waals surface area (Å²) in [6, 6.07) is 6.24. The fourth-order valence-corrected chi connectivity index (χ4v) is 2.75. The lowest BCUT2D eigenvalue weighted by Gasteiger charge is -2.18. The second kappa shape index (κ2) is 6.99. The molecule has 1 atom stereocenters. The molecule has 1 aromatic carbocycles. The lowest BCUT2D eigenvalue weighted by Crippen LogP contribution is -2.26. The molecule has 0 spiro atoms. The number of hydrogen-bond donors (Lipinski definition) is 1. The van der Waals surface area contributed by atoms with Crippen molar-refractivity contribution in [3.05, 3.63) is 28.8 Å². The summed E-state index contributed by atoms with van der Waals surface area (Å²) in [6.45, 7) is 3.76. The van der Waals surface area contributed by atoms with E-state index >= 15 is 0 Å². The molecule has 0 amide bonds. The number of ether oxygens (including phenoxy) is 1. The molecule has 3 nitrogen and oxygen atoms in total. The van der Waals surface area contributed by atoms with Gasteiger partial charge in [0.2, 0.25) is 0 Å². The van der Waals surface area contributed by atoms with Gasteiger partial charge in [0.25, 0.3) is 0 Å². The highest BCUT2D eigenvalue weighted by Crippen LogP contribution is 2.31. The van der Waals surface area contributed by atoms with Gasteiger partial charge in [-0.1, -0.05) is 11.6 Å². The van der Waals surface area contributed by atoms with Crippen LogP contribution in [0.5, 0.6) is 5.75 Å². The highest BCUT2D eigenvalue weighted by molar-refractivity contribution is 6.30. The molecule has 1 aliphatic carbocycles. The second-order valence-electron chi connectivity index (χ2n) is 5.79. The molecular weight excluding hydrogens is 295 g/mol. The Morgan fingerprint density at radius 1 is 1.30 bits per heavy atom. The summed E-state index contributed by atoms with van der Waals surface area (Å²) in [6.07, 6.45) is 3.70. The molecule has 0 bridgehead atoms. The van der Waals surface area contributed by atoms with Gasteiger partial charge in [0.05, 0.1) is 6.61 Å². The van der Waals surface area contributed by atoms with Crippen molar-refractivity contribution in [3.8, 4) is 5.75 Å². The van der Waals surface area contributed by atoms with Crippen LogP contribution in [0.4, 0.5) is 0 Å². The first-order chi connectivity index (χ1) is 9.20. The number of rotatable bonds is 5. The summed E-state index contributed by atoms with van der Waals surface area (Å²) in [5.41, 5.74) is 7.14. The van der Waals surface area contributed by atoms with Gasteiger partial charge in [0, 0.05) is 36.3 Å². The molecule has 1 heterocycles. The zero-order chi connectivity index (χ0) is 13.2. The molecule has 0 radical (unpaired) electrons. The Morgan fingerprint density at radius 2 is 2.10 bits per heavy atom. The molecule has 0 aromatic heterocycles. The van der Waals surface area contributed by atoms with Crippen LogP contribution in [0.25, 0.3) is 0 Å². The van der Waals surface area contributed by atoms with Gasteiger partial charge < -0.3 is 10.5 Å². The molecule has 1 saturated heterocycles. The Bertz CT molecular complexity index is 451. The molecule has 2 fully saturated rings. The van der Waals surface area contributed by atoms with Gasteiger partial charge in [0.15, 0.2) is 0 Å². The highest BCUT2D eigenvalue weighted by Gasteiger charge is 2.23. The Balaban J connectivity index is 0.00000147. The van der Waals surface area contributed by atoms with E-state index in [4.69, 9.17) is 22.1 Å². The quantitative estimate of drug-likeness (QED) is 0.907. The first-order valence-electron chi connectivity index (χ1n) is 7.10. The summed E-state index contributed by atoms with van der Waals surface area (Å²) >= 11 is 6.11. The third-order valence-electron chi connectivity index (χ3n) is 3.90. The summed E-state index contributed by atoms with van der Waals surface area (Å²) < 4.78 is 5.94. The van der Waals surface area contributed by atoms with E-state index in [1.165, 1.54) is 18.4 Å². The van der Waals surface area contributed by atoms with Crippen molar-refractivity contribution in [1.82, 2.24) is 4.90 Å². The lowest BCUT2D eigenvalue weighted by molar-refractivity contribution is 0.281. The molecule has 1 aliphatic heterocycles. The molecule has 1 saturated carbocycles. The third-order valence-corrected chi connectivity index (χ3v) is 4.13. The number of benzene rings is 1. The molecule has 0 unspecified atom stereocenters. The number of nitrogens with zero attached hydrogens (tertiary/aromatic N) is 1. The van der Waals surface area contributed by atoms with Gasteiger partial charge in [-0.05, 0) is 43.4 Å². The van der Waals surface area contributed by atoms with Crippen molar-refractivity contribution < 1.29 is 4.74 Å². The average molecular weight is 317 g/mol. The normalized spacial score (nSPS) is 22.6. The summed E-state index contributed by atoms with van der Waals surface area (Å²) in [5, 5.41) is 0.775. The van der Waals surface area contributed by atoms with E-state index in [9.17, 15) is 0 Å². The van der Waals surface area contributed by atoms with Crippen molar-refractivity contribution >= 4 is 24.0 Å². The topological polar surface area (TPSA) is 38.5 Å². The first-order valence-corrected chi connectivity index (χ1v) is 7.47. The molecule has 2 N–H and O–H groups in total. The minimum atomic E-state index is 0. The second-order valence-corrected chi connectivity index (χ2v) is 6.23. The Hall–Kier alpha value is -0.480. The molecule has 1 aromatic rings. The van der Waals surface area contributed by atoms with Crippen LogP contribution in [0.1, 0.15) is 24.8 Å². The Kier molecular flexibility index (Phi) is 5.56. The standard InChI is InChI=1S/C15H21ClN2O.ClH/c16-13-3-4-15(19-10-11-1-2-11)12(7-13)8-18-6-5-14(17)9-18;/h3-4,7,11,14H,1-2,5-6,8-10,17H2;1H/t14-;/m0./s1. The Morgan fingerprint density at radius 3 is 2.75 bits per heavy atom. The van der Waals surface area contributed by atoms with E-state index < -0.39 is 0 Å². The van der Waals surface area contributed by atoms with Crippen LogP contribution < -0.4 is 10.5 Å². The van der Waals surface area contributed by atoms with Crippen molar-refractivity contribution in [3.63, 3.8) is 0 Å². The fourth-order valence-electron chi connectivity index (χ4n) is 2.55. The average Bonchev–Trinajstić information content (AvgIpc) is 3.12. The van der Waals surface area contributed by atoms with E-state index in [0.717, 1.165) is 49.4 Å². The number of halogens is 2. The third kappa shape index (κ3) is 4.26. The van der Waals surface area contributed by atoms with Crippen LogP contribution in [0.2, 0.25) is 5.02 Å². The lowest BCUT2D eigenvalue weighted by atomic mass is 10.2. The zero-order valence-electron chi connectivity index (χ0n) is 11.6. The number of hydrogen-bond acceptors (Lipinski definition) is 3. The fraction of sp³-hybridized carbons (Fsp3) is 0.600. The molecule has 3 rings (SSSR count). The maximum absolute atomic E-state index is 6.11. The SMILES string of the molecule is Cl.N[C@H]1CCN(Cc2cc(Cl)ccc2OCC2CC2)C1. The summed E-state index contributed by atoms with van der Waals surface area (Å²) in [4.78, 5) is 2.38. The van der Waals surface area contributed by atoms with Crippen molar-refractivity contribution in [2.45, 2.75) is 31.8 Å². The summed E-state index contributed by atoms with van der Waals surface area (Å²) in [5.74, 6) is 1.75. The number of nitrogens with two attached hydrogens (primary N) is 1. The van der Waals surface area contributed by atoms with E-state index in [2.05, 4.69) is 4.90 Å². The first kappa shape index (κ1) is 15.9. The zero-order valence-corrected chi connectivity index (χ0v) is 13.1. The molecule has 5 heteroatoms. The summed E-state index contributed by atoms with van der Waals surface area (Å²) in [7, 11) is 0. The smallest absolute Gasteiger partial charge is 0.123 e. The monoisotopic (exact) mass is 316 g/mol.